The molecule has 4 rings (SSSR count). The molecule has 0 fully saturated rings. The van der Waals surface area contributed by atoms with Crippen molar-refractivity contribution in [3.8, 4) is 11.1 Å². The number of anilines is 1. The summed E-state index contributed by atoms with van der Waals surface area (Å²) < 4.78 is 1.73. The molecular weight excluding hydrogens is 264 g/mol. The number of rotatable bonds is 1. The van der Waals surface area contributed by atoms with Crippen LogP contribution in [0.25, 0.3) is 27.8 Å². The van der Waals surface area contributed by atoms with Crippen LogP contribution in [0.1, 0.15) is 5.69 Å². The minimum Gasteiger partial charge on any atom is -0.383 e. The first-order chi connectivity index (χ1) is 10.3. The molecule has 3 aromatic heterocycles. The average molecular weight is 276 g/mol. The Labute approximate surface area is 120 Å². The molecule has 0 radical (unpaired) electrons. The highest BCUT2D eigenvalue weighted by Gasteiger charge is 2.15. The molecule has 0 unspecified atom stereocenters. The number of nitrogens with two attached hydrogens (primary N) is 1. The van der Waals surface area contributed by atoms with Gasteiger partial charge >= 0.3 is 0 Å². The van der Waals surface area contributed by atoms with Crippen molar-refractivity contribution in [3.05, 3.63) is 48.5 Å². The number of nitrogen functional groups attached to an aromatic ring is 1. The second-order valence-electron chi connectivity index (χ2n) is 4.82. The Kier molecular flexibility index (Phi) is 2.38. The van der Waals surface area contributed by atoms with Gasteiger partial charge in [0.25, 0.3) is 0 Å². The Morgan fingerprint density at radius 2 is 1.81 bits per heavy atom. The monoisotopic (exact) mass is 276 g/mol. The van der Waals surface area contributed by atoms with Crippen LogP contribution in [0, 0.1) is 6.92 Å². The van der Waals surface area contributed by atoms with Crippen molar-refractivity contribution in [2.75, 3.05) is 5.73 Å². The number of hydrogen-bond acceptors (Lipinski definition) is 5. The van der Waals surface area contributed by atoms with Crippen LogP contribution in [-0.2, 0) is 0 Å². The van der Waals surface area contributed by atoms with Gasteiger partial charge in [0.05, 0.1) is 11.1 Å². The van der Waals surface area contributed by atoms with E-state index in [1.165, 1.54) is 6.33 Å². The van der Waals surface area contributed by atoms with Crippen molar-refractivity contribution in [2.24, 2.45) is 0 Å². The molecule has 0 bridgehead atoms. The summed E-state index contributed by atoms with van der Waals surface area (Å²) in [4.78, 5) is 12.8. The fourth-order valence-electron chi connectivity index (χ4n) is 2.54. The van der Waals surface area contributed by atoms with E-state index >= 15 is 0 Å². The average Bonchev–Trinajstić information content (AvgIpc) is 2.85. The zero-order chi connectivity index (χ0) is 14.4. The minimum atomic E-state index is 0.406. The van der Waals surface area contributed by atoms with E-state index in [1.54, 1.807) is 10.7 Å². The van der Waals surface area contributed by atoms with Crippen LogP contribution in [0.4, 0.5) is 5.82 Å². The number of benzene rings is 1. The van der Waals surface area contributed by atoms with Crippen LogP contribution in [-0.4, -0.2) is 24.6 Å². The second-order valence-corrected chi connectivity index (χ2v) is 4.82. The summed E-state index contributed by atoms with van der Waals surface area (Å²) in [5.41, 5.74) is 10.3. The second kappa shape index (κ2) is 4.24. The molecule has 102 valence electrons. The molecule has 3 heterocycles. The summed E-state index contributed by atoms with van der Waals surface area (Å²) in [7, 11) is 0. The van der Waals surface area contributed by atoms with E-state index in [2.05, 4.69) is 20.1 Å². The van der Waals surface area contributed by atoms with E-state index < -0.39 is 0 Å². The number of aryl methyl sites for hydroxylation is 1. The van der Waals surface area contributed by atoms with E-state index in [0.717, 1.165) is 22.5 Å². The summed E-state index contributed by atoms with van der Waals surface area (Å²) in [6.07, 6.45) is 3.14. The molecule has 1 aromatic carbocycles. The molecule has 0 spiro atoms. The van der Waals surface area contributed by atoms with Gasteiger partial charge in [-0.05, 0) is 12.5 Å². The summed E-state index contributed by atoms with van der Waals surface area (Å²) in [6, 6.07) is 10.1. The molecule has 2 N–H and O–H groups in total. The summed E-state index contributed by atoms with van der Waals surface area (Å²) >= 11 is 0. The Morgan fingerprint density at radius 3 is 2.62 bits per heavy atom. The van der Waals surface area contributed by atoms with Crippen LogP contribution in [0.5, 0.6) is 0 Å². The third kappa shape index (κ3) is 1.66. The standard InChI is InChI=1S/C15H12N6/c1-9-12(10-5-3-2-4-6-10)15-17-7-11-13(16)18-8-19-14(11)21(15)20-9/h2-8H,1H3,(H2,16,18,19). The van der Waals surface area contributed by atoms with Crippen molar-refractivity contribution in [2.45, 2.75) is 6.92 Å². The number of hydrogen-bond donors (Lipinski definition) is 1. The molecule has 0 aliphatic rings. The lowest BCUT2D eigenvalue weighted by atomic mass is 10.1. The topological polar surface area (TPSA) is 82.0 Å². The molecule has 0 aliphatic heterocycles. The normalized spacial score (nSPS) is 11.3. The van der Waals surface area contributed by atoms with Gasteiger partial charge in [0, 0.05) is 11.8 Å². The van der Waals surface area contributed by atoms with E-state index in [0.29, 0.717) is 16.9 Å². The molecule has 6 heteroatoms. The number of nitrogens with zero attached hydrogens (tertiary/aromatic N) is 5. The maximum absolute atomic E-state index is 5.87. The van der Waals surface area contributed by atoms with Crippen LogP contribution in [0.15, 0.2) is 42.9 Å². The van der Waals surface area contributed by atoms with E-state index in [-0.39, 0.29) is 0 Å². The van der Waals surface area contributed by atoms with Crippen molar-refractivity contribution >= 4 is 22.5 Å². The maximum Gasteiger partial charge on any atom is 0.170 e. The highest BCUT2D eigenvalue weighted by Crippen LogP contribution is 2.28. The summed E-state index contributed by atoms with van der Waals surface area (Å²) in [5, 5.41) is 5.27. The Bertz CT molecular complexity index is 958. The van der Waals surface area contributed by atoms with Gasteiger partial charge in [0.1, 0.15) is 12.1 Å². The SMILES string of the molecule is Cc1nn2c(ncc3c(N)ncnc32)c1-c1ccccc1. The van der Waals surface area contributed by atoms with E-state index in [4.69, 9.17) is 5.73 Å². The van der Waals surface area contributed by atoms with Gasteiger partial charge in [-0.15, -0.1) is 0 Å². The molecule has 0 saturated carbocycles. The largest absolute Gasteiger partial charge is 0.383 e. The van der Waals surface area contributed by atoms with Crippen LogP contribution in [0.3, 0.4) is 0 Å². The first-order valence-electron chi connectivity index (χ1n) is 6.55. The first-order valence-corrected chi connectivity index (χ1v) is 6.55. The fourth-order valence-corrected chi connectivity index (χ4v) is 2.54. The predicted octanol–water partition coefficient (Wildman–Crippen LogP) is 2.23. The van der Waals surface area contributed by atoms with Gasteiger partial charge in [0.15, 0.2) is 11.3 Å². The molecule has 21 heavy (non-hydrogen) atoms. The van der Waals surface area contributed by atoms with Gasteiger partial charge in [-0.3, -0.25) is 0 Å². The third-order valence-electron chi connectivity index (χ3n) is 3.51. The smallest absolute Gasteiger partial charge is 0.170 e. The summed E-state index contributed by atoms with van der Waals surface area (Å²) in [5.74, 6) is 0.406. The first kappa shape index (κ1) is 11.8. The highest BCUT2D eigenvalue weighted by molar-refractivity contribution is 5.89. The Balaban J connectivity index is 2.13. The van der Waals surface area contributed by atoms with Crippen molar-refractivity contribution < 1.29 is 0 Å². The highest BCUT2D eigenvalue weighted by atomic mass is 15.3. The van der Waals surface area contributed by atoms with Crippen molar-refractivity contribution in [1.29, 1.82) is 0 Å². The molecule has 0 atom stereocenters. The quantitative estimate of drug-likeness (QED) is 0.576. The molecule has 4 aromatic rings. The minimum absolute atomic E-state index is 0.406. The number of fused-ring (bicyclic) bond motifs is 3. The Morgan fingerprint density at radius 1 is 1.00 bits per heavy atom. The van der Waals surface area contributed by atoms with Crippen LogP contribution >= 0.6 is 0 Å². The molecular formula is C15H12N6. The van der Waals surface area contributed by atoms with Crippen molar-refractivity contribution in [1.82, 2.24) is 24.6 Å². The van der Waals surface area contributed by atoms with Gasteiger partial charge < -0.3 is 5.73 Å². The van der Waals surface area contributed by atoms with Gasteiger partial charge in [-0.25, -0.2) is 15.0 Å². The fraction of sp³-hybridized carbons (Fsp3) is 0.0667. The van der Waals surface area contributed by atoms with E-state index in [9.17, 15) is 0 Å². The van der Waals surface area contributed by atoms with Gasteiger partial charge in [0.2, 0.25) is 0 Å². The lowest BCUT2D eigenvalue weighted by molar-refractivity contribution is 0.934. The predicted molar refractivity (Wildman–Crippen MR) is 80.7 cm³/mol. The Hall–Kier alpha value is -3.02. The van der Waals surface area contributed by atoms with Gasteiger partial charge in [-0.1, -0.05) is 30.3 Å². The van der Waals surface area contributed by atoms with Gasteiger partial charge in [-0.2, -0.15) is 9.61 Å². The molecule has 0 saturated heterocycles. The molecule has 0 aliphatic carbocycles. The van der Waals surface area contributed by atoms with E-state index in [1.807, 2.05) is 37.3 Å². The third-order valence-corrected chi connectivity index (χ3v) is 3.51. The zero-order valence-corrected chi connectivity index (χ0v) is 11.4. The zero-order valence-electron chi connectivity index (χ0n) is 11.4. The molecule has 6 nitrogen and oxygen atoms in total. The van der Waals surface area contributed by atoms with Crippen LogP contribution in [0.2, 0.25) is 0 Å². The van der Waals surface area contributed by atoms with Crippen molar-refractivity contribution in [3.63, 3.8) is 0 Å². The lowest BCUT2D eigenvalue weighted by Gasteiger charge is -2.03. The number of aromatic nitrogens is 5. The molecule has 0 amide bonds. The van der Waals surface area contributed by atoms with Crippen LogP contribution < -0.4 is 5.73 Å². The maximum atomic E-state index is 5.87. The summed E-state index contributed by atoms with van der Waals surface area (Å²) in [6.45, 7) is 1.97. The lowest BCUT2D eigenvalue weighted by Crippen LogP contribution is -2.00.